The first-order chi connectivity index (χ1) is 5.69. The van der Waals surface area contributed by atoms with Crippen LogP contribution >= 0.6 is 11.8 Å². The van der Waals surface area contributed by atoms with Crippen LogP contribution < -0.4 is 0 Å². The van der Waals surface area contributed by atoms with Crippen molar-refractivity contribution in [3.63, 3.8) is 0 Å². The Morgan fingerprint density at radius 2 is 2.08 bits per heavy atom. The summed E-state index contributed by atoms with van der Waals surface area (Å²) in [5, 5.41) is 0. The number of rotatable bonds is 2. The number of hydrogen-bond acceptors (Lipinski definition) is 1. The third-order valence-corrected chi connectivity index (χ3v) is 2.68. The summed E-state index contributed by atoms with van der Waals surface area (Å²) in [5.74, 6) is -0.0677. The molecule has 0 saturated carbocycles. The summed E-state index contributed by atoms with van der Waals surface area (Å²) < 4.78 is 13.3. The van der Waals surface area contributed by atoms with Crippen LogP contribution in [0.3, 0.4) is 0 Å². The van der Waals surface area contributed by atoms with Crippen LogP contribution in [0.5, 0.6) is 0 Å². The van der Waals surface area contributed by atoms with Crippen molar-refractivity contribution in [2.45, 2.75) is 25.2 Å². The second kappa shape index (κ2) is 3.94. The molecule has 0 bridgehead atoms. The summed E-state index contributed by atoms with van der Waals surface area (Å²) >= 11 is 1.61. The smallest absolute Gasteiger partial charge is 0.127 e. The zero-order valence-electron chi connectivity index (χ0n) is 7.65. The molecule has 0 N–H and O–H groups in total. The van der Waals surface area contributed by atoms with Gasteiger partial charge in [0.2, 0.25) is 0 Å². The van der Waals surface area contributed by atoms with Crippen LogP contribution in [0.4, 0.5) is 4.39 Å². The summed E-state index contributed by atoms with van der Waals surface area (Å²) in [6.45, 7) is 3.90. The van der Waals surface area contributed by atoms with Crippen LogP contribution in [0.15, 0.2) is 17.0 Å². The molecule has 0 heterocycles. The van der Waals surface area contributed by atoms with Gasteiger partial charge in [-0.3, -0.25) is 0 Å². The van der Waals surface area contributed by atoms with Gasteiger partial charge in [0, 0.05) is 10.5 Å². The summed E-state index contributed by atoms with van der Waals surface area (Å²) in [7, 11) is 0. The normalized spacial score (nSPS) is 10.3. The van der Waals surface area contributed by atoms with Gasteiger partial charge in [-0.15, -0.1) is 11.8 Å². The molecule has 0 amide bonds. The van der Waals surface area contributed by atoms with E-state index < -0.39 is 0 Å². The van der Waals surface area contributed by atoms with E-state index in [1.165, 1.54) is 0 Å². The monoisotopic (exact) mass is 184 g/mol. The molecule has 0 radical (unpaired) electrons. The molecule has 0 saturated heterocycles. The standard InChI is InChI=1S/C10H13FS/c1-4-8-9(11)5-7(2)6-10(8)12-3/h5-6H,4H2,1-3H3. The van der Waals surface area contributed by atoms with E-state index in [-0.39, 0.29) is 5.82 Å². The van der Waals surface area contributed by atoms with E-state index in [1.807, 2.05) is 26.2 Å². The predicted octanol–water partition coefficient (Wildman–Crippen LogP) is 3.42. The summed E-state index contributed by atoms with van der Waals surface area (Å²) in [6.07, 6.45) is 2.75. The van der Waals surface area contributed by atoms with Crippen molar-refractivity contribution in [2.75, 3.05) is 6.26 Å². The molecule has 1 rings (SSSR count). The molecule has 0 aromatic heterocycles. The Morgan fingerprint density at radius 3 is 2.58 bits per heavy atom. The van der Waals surface area contributed by atoms with Crippen LogP contribution in [0.1, 0.15) is 18.1 Å². The SMILES string of the molecule is CCc1c(F)cc(C)cc1SC. The van der Waals surface area contributed by atoms with Gasteiger partial charge in [-0.2, -0.15) is 0 Å². The van der Waals surface area contributed by atoms with Crippen molar-refractivity contribution < 1.29 is 4.39 Å². The van der Waals surface area contributed by atoms with Crippen molar-refractivity contribution >= 4 is 11.8 Å². The fourth-order valence-electron chi connectivity index (χ4n) is 1.27. The third-order valence-electron chi connectivity index (χ3n) is 1.87. The number of aryl methyl sites for hydroxylation is 1. The molecule has 66 valence electrons. The van der Waals surface area contributed by atoms with Crippen LogP contribution in [0.25, 0.3) is 0 Å². The minimum atomic E-state index is -0.0677. The van der Waals surface area contributed by atoms with E-state index in [2.05, 4.69) is 0 Å². The molecule has 0 atom stereocenters. The van der Waals surface area contributed by atoms with E-state index in [9.17, 15) is 4.39 Å². The summed E-state index contributed by atoms with van der Waals surface area (Å²) in [6, 6.07) is 3.63. The van der Waals surface area contributed by atoms with Crippen molar-refractivity contribution in [1.29, 1.82) is 0 Å². The fourth-order valence-corrected chi connectivity index (χ4v) is 2.06. The van der Waals surface area contributed by atoms with Crippen molar-refractivity contribution in [2.24, 2.45) is 0 Å². The molecular weight excluding hydrogens is 171 g/mol. The van der Waals surface area contributed by atoms with Gasteiger partial charge >= 0.3 is 0 Å². The quantitative estimate of drug-likeness (QED) is 0.635. The third kappa shape index (κ3) is 1.81. The Hall–Kier alpha value is -0.500. The van der Waals surface area contributed by atoms with Gasteiger partial charge in [-0.1, -0.05) is 6.92 Å². The first-order valence-electron chi connectivity index (χ1n) is 4.02. The average Bonchev–Trinajstić information content (AvgIpc) is 2.03. The largest absolute Gasteiger partial charge is 0.207 e. The van der Waals surface area contributed by atoms with Gasteiger partial charge in [0.1, 0.15) is 5.82 Å². The maximum absolute atomic E-state index is 13.3. The van der Waals surface area contributed by atoms with Crippen LogP contribution in [-0.2, 0) is 6.42 Å². The first-order valence-corrected chi connectivity index (χ1v) is 5.24. The molecule has 0 spiro atoms. The number of thioether (sulfide) groups is 1. The van der Waals surface area contributed by atoms with Gasteiger partial charge in [0.25, 0.3) is 0 Å². The topological polar surface area (TPSA) is 0 Å². The first kappa shape index (κ1) is 9.59. The zero-order chi connectivity index (χ0) is 9.14. The number of hydrogen-bond donors (Lipinski definition) is 0. The highest BCUT2D eigenvalue weighted by atomic mass is 32.2. The zero-order valence-corrected chi connectivity index (χ0v) is 8.46. The Labute approximate surface area is 77.2 Å². The molecule has 0 unspecified atom stereocenters. The lowest BCUT2D eigenvalue weighted by atomic mass is 10.1. The van der Waals surface area contributed by atoms with E-state index in [0.717, 1.165) is 22.4 Å². The average molecular weight is 184 g/mol. The maximum Gasteiger partial charge on any atom is 0.127 e. The summed E-state index contributed by atoms with van der Waals surface area (Å²) in [5.41, 5.74) is 1.84. The molecule has 0 aliphatic heterocycles. The highest BCUT2D eigenvalue weighted by Crippen LogP contribution is 2.24. The molecular formula is C10H13FS. The Balaban J connectivity index is 3.24. The van der Waals surface area contributed by atoms with Crippen molar-refractivity contribution in [3.05, 3.63) is 29.1 Å². The highest BCUT2D eigenvalue weighted by molar-refractivity contribution is 7.98. The van der Waals surface area contributed by atoms with Crippen LogP contribution in [0, 0.1) is 12.7 Å². The lowest BCUT2D eigenvalue weighted by molar-refractivity contribution is 0.605. The molecule has 0 nitrogen and oxygen atoms in total. The minimum Gasteiger partial charge on any atom is -0.207 e. The second-order valence-electron chi connectivity index (χ2n) is 2.78. The Kier molecular flexibility index (Phi) is 3.15. The van der Waals surface area contributed by atoms with Gasteiger partial charge in [0.05, 0.1) is 0 Å². The number of benzene rings is 1. The molecule has 2 heteroatoms. The molecule has 0 fully saturated rings. The van der Waals surface area contributed by atoms with Gasteiger partial charge in [0.15, 0.2) is 0 Å². The van der Waals surface area contributed by atoms with E-state index in [0.29, 0.717) is 0 Å². The van der Waals surface area contributed by atoms with Crippen LogP contribution in [-0.4, -0.2) is 6.26 Å². The molecule has 1 aromatic carbocycles. The van der Waals surface area contributed by atoms with E-state index >= 15 is 0 Å². The lowest BCUT2D eigenvalue weighted by Gasteiger charge is -2.07. The van der Waals surface area contributed by atoms with Crippen LogP contribution in [0.2, 0.25) is 0 Å². The van der Waals surface area contributed by atoms with Crippen molar-refractivity contribution in [3.8, 4) is 0 Å². The minimum absolute atomic E-state index is 0.0677. The lowest BCUT2D eigenvalue weighted by Crippen LogP contribution is -1.92. The Bertz CT molecular complexity index is 281. The fraction of sp³-hybridized carbons (Fsp3) is 0.400. The predicted molar refractivity (Wildman–Crippen MR) is 52.3 cm³/mol. The molecule has 12 heavy (non-hydrogen) atoms. The Morgan fingerprint density at radius 1 is 1.42 bits per heavy atom. The maximum atomic E-state index is 13.3. The summed E-state index contributed by atoms with van der Waals surface area (Å²) in [4.78, 5) is 1.06. The molecule has 0 aliphatic carbocycles. The van der Waals surface area contributed by atoms with Crippen molar-refractivity contribution in [1.82, 2.24) is 0 Å². The highest BCUT2D eigenvalue weighted by Gasteiger charge is 2.06. The molecule has 0 aliphatic rings. The van der Waals surface area contributed by atoms with E-state index in [1.54, 1.807) is 17.8 Å². The second-order valence-corrected chi connectivity index (χ2v) is 3.63. The molecule has 1 aromatic rings. The van der Waals surface area contributed by atoms with Gasteiger partial charge < -0.3 is 0 Å². The van der Waals surface area contributed by atoms with Gasteiger partial charge in [-0.05, 0) is 37.3 Å². The van der Waals surface area contributed by atoms with Gasteiger partial charge in [-0.25, -0.2) is 4.39 Å². The number of halogens is 1. The van der Waals surface area contributed by atoms with E-state index in [4.69, 9.17) is 0 Å².